The van der Waals surface area contributed by atoms with Gasteiger partial charge in [-0.3, -0.25) is 4.90 Å². The Bertz CT molecular complexity index is 858. The van der Waals surface area contributed by atoms with Crippen molar-refractivity contribution in [2.75, 3.05) is 14.1 Å². The van der Waals surface area contributed by atoms with Crippen molar-refractivity contribution in [2.45, 2.75) is 12.5 Å². The first-order valence-corrected chi connectivity index (χ1v) is 7.96. The number of hydrogen-bond donors (Lipinski definition) is 0. The molecule has 0 aliphatic carbocycles. The van der Waals surface area contributed by atoms with E-state index < -0.39 is 5.54 Å². The molecule has 0 spiro atoms. The van der Waals surface area contributed by atoms with Gasteiger partial charge in [-0.1, -0.05) is 60.7 Å². The van der Waals surface area contributed by atoms with Gasteiger partial charge in [0.15, 0.2) is 0 Å². The second-order valence-corrected chi connectivity index (χ2v) is 6.23. The first kappa shape index (κ1) is 16.2. The molecular formula is C21H21NO2. The van der Waals surface area contributed by atoms with Gasteiger partial charge >= 0.3 is 5.97 Å². The van der Waals surface area contributed by atoms with Crippen LogP contribution in [0.2, 0.25) is 0 Å². The molecule has 122 valence electrons. The van der Waals surface area contributed by atoms with E-state index in [-0.39, 0.29) is 5.97 Å². The summed E-state index contributed by atoms with van der Waals surface area (Å²) in [7, 11) is 3.77. The van der Waals surface area contributed by atoms with Crippen molar-refractivity contribution < 1.29 is 9.53 Å². The molecule has 0 N–H and O–H groups in total. The summed E-state index contributed by atoms with van der Waals surface area (Å²) in [4.78, 5) is 14.8. The smallest absolute Gasteiger partial charge is 0.336 e. The summed E-state index contributed by atoms with van der Waals surface area (Å²) >= 11 is 0. The van der Waals surface area contributed by atoms with Crippen molar-refractivity contribution in [3.63, 3.8) is 0 Å². The Kier molecular flexibility index (Phi) is 4.36. The van der Waals surface area contributed by atoms with Crippen LogP contribution in [0.1, 0.15) is 12.5 Å². The molecule has 1 unspecified atom stereocenters. The summed E-state index contributed by atoms with van der Waals surface area (Å²) in [6.45, 7) is 1.88. The quantitative estimate of drug-likeness (QED) is 0.532. The van der Waals surface area contributed by atoms with Crippen molar-refractivity contribution in [1.82, 2.24) is 4.90 Å². The van der Waals surface area contributed by atoms with Gasteiger partial charge in [0, 0.05) is 0 Å². The van der Waals surface area contributed by atoms with E-state index in [9.17, 15) is 4.79 Å². The monoisotopic (exact) mass is 319 g/mol. The van der Waals surface area contributed by atoms with Crippen molar-refractivity contribution in [2.24, 2.45) is 0 Å². The standard InChI is InChI=1S/C21H21NO2/c1-21(22(2)3,18-11-5-4-6-12-18)20(23)24-19-14-13-16-9-7-8-10-17(16)15-19/h4-15H,1-3H3. The zero-order valence-electron chi connectivity index (χ0n) is 14.2. The molecule has 0 amide bonds. The highest BCUT2D eigenvalue weighted by atomic mass is 16.5. The normalized spacial score (nSPS) is 13.7. The number of carbonyl (C=O) groups excluding carboxylic acids is 1. The van der Waals surface area contributed by atoms with E-state index in [1.165, 1.54) is 0 Å². The second kappa shape index (κ2) is 6.46. The summed E-state index contributed by atoms with van der Waals surface area (Å²) in [5.41, 5.74) is 0.0492. The minimum atomic E-state index is -0.854. The lowest BCUT2D eigenvalue weighted by Gasteiger charge is -2.34. The lowest BCUT2D eigenvalue weighted by atomic mass is 9.91. The van der Waals surface area contributed by atoms with Crippen LogP contribution in [0.5, 0.6) is 5.75 Å². The van der Waals surface area contributed by atoms with E-state index in [1.54, 1.807) is 0 Å². The van der Waals surface area contributed by atoms with E-state index in [2.05, 4.69) is 0 Å². The molecule has 0 fully saturated rings. The number of benzene rings is 3. The molecule has 0 radical (unpaired) electrons. The molecule has 0 saturated carbocycles. The molecule has 0 aliphatic heterocycles. The van der Waals surface area contributed by atoms with Crippen LogP contribution in [0.3, 0.4) is 0 Å². The van der Waals surface area contributed by atoms with Crippen molar-refractivity contribution in [3.8, 4) is 5.75 Å². The molecule has 0 aliphatic rings. The highest BCUT2D eigenvalue weighted by molar-refractivity contribution is 5.87. The molecule has 3 aromatic carbocycles. The lowest BCUT2D eigenvalue weighted by Crippen LogP contribution is -2.48. The van der Waals surface area contributed by atoms with Crippen LogP contribution in [-0.4, -0.2) is 25.0 Å². The number of esters is 1. The van der Waals surface area contributed by atoms with Crippen LogP contribution in [0.25, 0.3) is 10.8 Å². The summed E-state index contributed by atoms with van der Waals surface area (Å²) < 4.78 is 5.72. The van der Waals surface area contributed by atoms with Crippen LogP contribution in [0.15, 0.2) is 72.8 Å². The van der Waals surface area contributed by atoms with Crippen LogP contribution in [0, 0.1) is 0 Å². The number of hydrogen-bond acceptors (Lipinski definition) is 3. The lowest BCUT2D eigenvalue weighted by molar-refractivity contribution is -0.146. The highest BCUT2D eigenvalue weighted by Crippen LogP contribution is 2.29. The predicted molar refractivity (Wildman–Crippen MR) is 97.1 cm³/mol. The summed E-state index contributed by atoms with van der Waals surface area (Å²) in [6.07, 6.45) is 0. The maximum atomic E-state index is 12.9. The molecule has 0 aromatic heterocycles. The third-order valence-corrected chi connectivity index (χ3v) is 4.56. The molecule has 3 heteroatoms. The minimum Gasteiger partial charge on any atom is -0.425 e. The summed E-state index contributed by atoms with van der Waals surface area (Å²) in [5, 5.41) is 2.17. The Labute approximate surface area is 142 Å². The van der Waals surface area contributed by atoms with Crippen LogP contribution >= 0.6 is 0 Å². The zero-order valence-corrected chi connectivity index (χ0v) is 14.2. The van der Waals surface area contributed by atoms with Crippen molar-refractivity contribution >= 4 is 16.7 Å². The van der Waals surface area contributed by atoms with Crippen molar-refractivity contribution in [3.05, 3.63) is 78.4 Å². The number of rotatable bonds is 4. The molecule has 3 nitrogen and oxygen atoms in total. The minimum absolute atomic E-state index is 0.297. The molecule has 0 bridgehead atoms. The molecule has 24 heavy (non-hydrogen) atoms. The maximum absolute atomic E-state index is 12.9. The fourth-order valence-electron chi connectivity index (χ4n) is 2.76. The fraction of sp³-hybridized carbons (Fsp3) is 0.190. The molecule has 0 heterocycles. The topological polar surface area (TPSA) is 29.5 Å². The third-order valence-electron chi connectivity index (χ3n) is 4.56. The van der Waals surface area contributed by atoms with E-state index in [0.29, 0.717) is 5.75 Å². The van der Waals surface area contributed by atoms with Gasteiger partial charge in [0.05, 0.1) is 0 Å². The number of nitrogens with zero attached hydrogens (tertiary/aromatic N) is 1. The second-order valence-electron chi connectivity index (χ2n) is 6.23. The van der Waals surface area contributed by atoms with Gasteiger partial charge in [-0.2, -0.15) is 0 Å². The van der Waals surface area contributed by atoms with E-state index >= 15 is 0 Å². The molecule has 1 atom stereocenters. The maximum Gasteiger partial charge on any atom is 0.336 e. The van der Waals surface area contributed by atoms with Crippen molar-refractivity contribution in [1.29, 1.82) is 0 Å². The third kappa shape index (κ3) is 2.91. The van der Waals surface area contributed by atoms with Gasteiger partial charge in [0.2, 0.25) is 0 Å². The Morgan fingerprint density at radius 3 is 2.17 bits per heavy atom. The van der Waals surface area contributed by atoms with Gasteiger partial charge in [0.1, 0.15) is 11.3 Å². The van der Waals surface area contributed by atoms with Gasteiger partial charge < -0.3 is 4.74 Å². The van der Waals surface area contributed by atoms with Crippen LogP contribution < -0.4 is 4.74 Å². The molecule has 0 saturated heterocycles. The number of fused-ring (bicyclic) bond motifs is 1. The zero-order chi connectivity index (χ0) is 17.2. The van der Waals surface area contributed by atoms with Crippen LogP contribution in [-0.2, 0) is 10.3 Å². The molecular weight excluding hydrogens is 298 g/mol. The van der Waals surface area contributed by atoms with Gasteiger partial charge in [-0.25, -0.2) is 4.79 Å². The van der Waals surface area contributed by atoms with Gasteiger partial charge in [-0.15, -0.1) is 0 Å². The van der Waals surface area contributed by atoms with Gasteiger partial charge in [-0.05, 0) is 49.5 Å². The highest BCUT2D eigenvalue weighted by Gasteiger charge is 2.39. The SMILES string of the molecule is CN(C)C(C)(C(=O)Oc1ccc2ccccc2c1)c1ccccc1. The van der Waals surface area contributed by atoms with Crippen LogP contribution in [0.4, 0.5) is 0 Å². The number of ether oxygens (including phenoxy) is 1. The first-order chi connectivity index (χ1) is 11.5. The number of carbonyl (C=O) groups is 1. The van der Waals surface area contributed by atoms with Gasteiger partial charge in [0.25, 0.3) is 0 Å². The Morgan fingerprint density at radius 2 is 1.50 bits per heavy atom. The number of likely N-dealkylation sites (N-methyl/N-ethyl adjacent to an activating group) is 1. The fourth-order valence-corrected chi connectivity index (χ4v) is 2.76. The molecule has 3 rings (SSSR count). The summed E-state index contributed by atoms with van der Waals surface area (Å²) in [5.74, 6) is 0.261. The Balaban J connectivity index is 1.93. The average molecular weight is 319 g/mol. The average Bonchev–Trinajstić information content (AvgIpc) is 2.61. The van der Waals surface area contributed by atoms with E-state index in [0.717, 1.165) is 16.3 Å². The predicted octanol–water partition coefficient (Wildman–Crippen LogP) is 4.22. The first-order valence-electron chi connectivity index (χ1n) is 7.96. The summed E-state index contributed by atoms with van der Waals surface area (Å²) in [6, 6.07) is 23.4. The Hall–Kier alpha value is -2.65. The van der Waals surface area contributed by atoms with E-state index in [1.807, 2.05) is 98.7 Å². The Morgan fingerprint density at radius 1 is 0.875 bits per heavy atom. The molecule has 3 aromatic rings. The largest absolute Gasteiger partial charge is 0.425 e. The van der Waals surface area contributed by atoms with E-state index in [4.69, 9.17) is 4.74 Å².